The van der Waals surface area contributed by atoms with Gasteiger partial charge in [-0.05, 0) is 55.5 Å². The molecule has 0 amide bonds. The lowest BCUT2D eigenvalue weighted by Crippen LogP contribution is -2.36. The molecule has 0 aliphatic heterocycles. The Morgan fingerprint density at radius 1 is 0.952 bits per heavy atom. The quantitative estimate of drug-likeness (QED) is 0.714. The highest BCUT2D eigenvalue weighted by Crippen LogP contribution is 2.23. The van der Waals surface area contributed by atoms with Crippen LogP contribution in [0.1, 0.15) is 52.1 Å². The summed E-state index contributed by atoms with van der Waals surface area (Å²) in [4.78, 5) is 2.54. The van der Waals surface area contributed by atoms with Crippen molar-refractivity contribution in [3.8, 4) is 0 Å². The van der Waals surface area contributed by atoms with Gasteiger partial charge < -0.3 is 5.73 Å². The predicted octanol–water partition coefficient (Wildman–Crippen LogP) is 4.73. The molecule has 0 aliphatic carbocycles. The van der Waals surface area contributed by atoms with Gasteiger partial charge in [-0.15, -0.1) is 0 Å². The summed E-state index contributed by atoms with van der Waals surface area (Å²) in [6.07, 6.45) is 2.42. The highest BCUT2D eigenvalue weighted by Gasteiger charge is 2.19. The van der Waals surface area contributed by atoms with Crippen LogP contribution >= 0.6 is 11.6 Å². The third-order valence-electron chi connectivity index (χ3n) is 3.91. The van der Waals surface area contributed by atoms with Crippen LogP contribution in [0.15, 0.2) is 24.3 Å². The number of nitrogens with two attached hydrogens (primary N) is 1. The van der Waals surface area contributed by atoms with E-state index in [1.165, 1.54) is 18.4 Å². The molecule has 0 fully saturated rings. The summed E-state index contributed by atoms with van der Waals surface area (Å²) in [6, 6.07) is 8.43. The molecule has 0 spiro atoms. The van der Waals surface area contributed by atoms with Gasteiger partial charge in [-0.1, -0.05) is 51.4 Å². The molecule has 1 rings (SSSR count). The third-order valence-corrected chi connectivity index (χ3v) is 4.16. The van der Waals surface area contributed by atoms with Gasteiger partial charge >= 0.3 is 0 Å². The Bertz CT molecular complexity index is 375. The van der Waals surface area contributed by atoms with Gasteiger partial charge in [0.15, 0.2) is 0 Å². The standard InChI is InChI=1S/C18H31ClN2/c1-14(2)9-11-21(12-10-15(3)4)18(13-20)16-5-7-17(19)8-6-16/h5-8,14-15,18H,9-13,20H2,1-4H3. The Morgan fingerprint density at radius 2 is 1.43 bits per heavy atom. The predicted molar refractivity (Wildman–Crippen MR) is 93.7 cm³/mol. The normalized spacial score (nSPS) is 13.4. The molecule has 0 heterocycles. The van der Waals surface area contributed by atoms with E-state index in [2.05, 4.69) is 44.7 Å². The largest absolute Gasteiger partial charge is 0.329 e. The third kappa shape index (κ3) is 6.82. The highest BCUT2D eigenvalue weighted by molar-refractivity contribution is 6.30. The van der Waals surface area contributed by atoms with Crippen LogP contribution in [-0.4, -0.2) is 24.5 Å². The van der Waals surface area contributed by atoms with Crippen molar-refractivity contribution < 1.29 is 0 Å². The lowest BCUT2D eigenvalue weighted by Gasteiger charge is -2.32. The fourth-order valence-electron chi connectivity index (χ4n) is 2.45. The van der Waals surface area contributed by atoms with Crippen molar-refractivity contribution in [1.29, 1.82) is 0 Å². The Morgan fingerprint density at radius 3 is 1.81 bits per heavy atom. The Balaban J connectivity index is 2.82. The van der Waals surface area contributed by atoms with Crippen LogP contribution in [-0.2, 0) is 0 Å². The van der Waals surface area contributed by atoms with Crippen LogP contribution < -0.4 is 5.73 Å². The minimum absolute atomic E-state index is 0.291. The number of halogens is 1. The monoisotopic (exact) mass is 310 g/mol. The summed E-state index contributed by atoms with van der Waals surface area (Å²) < 4.78 is 0. The summed E-state index contributed by atoms with van der Waals surface area (Å²) in [7, 11) is 0. The van der Waals surface area contributed by atoms with Gasteiger partial charge in [-0.2, -0.15) is 0 Å². The molecule has 1 aromatic rings. The van der Waals surface area contributed by atoms with Gasteiger partial charge in [0, 0.05) is 17.6 Å². The maximum absolute atomic E-state index is 6.08. The van der Waals surface area contributed by atoms with E-state index >= 15 is 0 Å². The second-order valence-corrected chi connectivity index (χ2v) is 7.14. The topological polar surface area (TPSA) is 29.3 Å². The molecule has 21 heavy (non-hydrogen) atoms. The smallest absolute Gasteiger partial charge is 0.0470 e. The van der Waals surface area contributed by atoms with Gasteiger partial charge in [0.2, 0.25) is 0 Å². The molecule has 2 N–H and O–H groups in total. The summed E-state index contributed by atoms with van der Waals surface area (Å²) in [5, 5.41) is 0.783. The second kappa shape index (κ2) is 9.45. The molecule has 0 radical (unpaired) electrons. The zero-order valence-electron chi connectivity index (χ0n) is 14.0. The number of hydrogen-bond acceptors (Lipinski definition) is 2. The molecular formula is C18H31ClN2. The second-order valence-electron chi connectivity index (χ2n) is 6.70. The molecule has 1 aromatic carbocycles. The van der Waals surface area contributed by atoms with Crippen molar-refractivity contribution in [3.63, 3.8) is 0 Å². The number of hydrogen-bond donors (Lipinski definition) is 1. The molecule has 2 nitrogen and oxygen atoms in total. The van der Waals surface area contributed by atoms with E-state index in [1.807, 2.05) is 12.1 Å². The number of benzene rings is 1. The van der Waals surface area contributed by atoms with Crippen LogP contribution in [0.3, 0.4) is 0 Å². The van der Waals surface area contributed by atoms with Gasteiger partial charge in [0.05, 0.1) is 0 Å². The zero-order chi connectivity index (χ0) is 15.8. The van der Waals surface area contributed by atoms with Crippen molar-refractivity contribution in [2.45, 2.75) is 46.6 Å². The Kier molecular flexibility index (Phi) is 8.31. The SMILES string of the molecule is CC(C)CCN(CCC(C)C)C(CN)c1ccc(Cl)cc1. The van der Waals surface area contributed by atoms with E-state index in [-0.39, 0.29) is 0 Å². The molecule has 0 aliphatic rings. The fraction of sp³-hybridized carbons (Fsp3) is 0.667. The minimum Gasteiger partial charge on any atom is -0.329 e. The molecule has 0 saturated carbocycles. The van der Waals surface area contributed by atoms with E-state index in [0.717, 1.165) is 29.9 Å². The Hall–Kier alpha value is -0.570. The molecule has 120 valence electrons. The molecule has 1 unspecified atom stereocenters. The first-order valence-electron chi connectivity index (χ1n) is 8.13. The van der Waals surface area contributed by atoms with Crippen LogP contribution in [0.5, 0.6) is 0 Å². The Labute approximate surface area is 135 Å². The maximum Gasteiger partial charge on any atom is 0.0470 e. The summed E-state index contributed by atoms with van der Waals surface area (Å²) in [5.41, 5.74) is 7.35. The number of nitrogens with zero attached hydrogens (tertiary/aromatic N) is 1. The van der Waals surface area contributed by atoms with Crippen molar-refractivity contribution in [2.75, 3.05) is 19.6 Å². The highest BCUT2D eigenvalue weighted by atomic mass is 35.5. The molecular weight excluding hydrogens is 280 g/mol. The average Bonchev–Trinajstić information content (AvgIpc) is 2.43. The molecule has 1 atom stereocenters. The lowest BCUT2D eigenvalue weighted by atomic mass is 10.0. The maximum atomic E-state index is 6.08. The van der Waals surface area contributed by atoms with Crippen molar-refractivity contribution in [3.05, 3.63) is 34.9 Å². The summed E-state index contributed by atoms with van der Waals surface area (Å²) in [6.45, 7) is 12.0. The van der Waals surface area contributed by atoms with Crippen molar-refractivity contribution >= 4 is 11.6 Å². The van der Waals surface area contributed by atoms with Crippen molar-refractivity contribution in [2.24, 2.45) is 17.6 Å². The lowest BCUT2D eigenvalue weighted by molar-refractivity contribution is 0.181. The van der Waals surface area contributed by atoms with Crippen LogP contribution in [0.25, 0.3) is 0 Å². The summed E-state index contributed by atoms with van der Waals surface area (Å²) in [5.74, 6) is 1.44. The molecule has 0 saturated heterocycles. The van der Waals surface area contributed by atoms with Crippen LogP contribution in [0.2, 0.25) is 5.02 Å². The van der Waals surface area contributed by atoms with E-state index in [9.17, 15) is 0 Å². The van der Waals surface area contributed by atoms with Gasteiger partial charge in [-0.25, -0.2) is 0 Å². The van der Waals surface area contributed by atoms with E-state index in [1.54, 1.807) is 0 Å². The first-order valence-corrected chi connectivity index (χ1v) is 8.51. The van der Waals surface area contributed by atoms with E-state index < -0.39 is 0 Å². The van der Waals surface area contributed by atoms with Gasteiger partial charge in [0.25, 0.3) is 0 Å². The van der Waals surface area contributed by atoms with Gasteiger partial charge in [0.1, 0.15) is 0 Å². The van der Waals surface area contributed by atoms with Gasteiger partial charge in [-0.3, -0.25) is 4.90 Å². The molecule has 3 heteroatoms. The van der Waals surface area contributed by atoms with E-state index in [4.69, 9.17) is 17.3 Å². The van der Waals surface area contributed by atoms with Crippen LogP contribution in [0, 0.1) is 11.8 Å². The first kappa shape index (κ1) is 18.5. The molecule has 0 bridgehead atoms. The summed E-state index contributed by atoms with van der Waals surface area (Å²) >= 11 is 6.00. The van der Waals surface area contributed by atoms with Crippen molar-refractivity contribution in [1.82, 2.24) is 4.90 Å². The first-order chi connectivity index (χ1) is 9.93. The average molecular weight is 311 g/mol. The minimum atomic E-state index is 0.291. The zero-order valence-corrected chi connectivity index (χ0v) is 14.7. The fourth-order valence-corrected chi connectivity index (χ4v) is 2.58. The number of rotatable bonds is 9. The molecule has 0 aromatic heterocycles. The van der Waals surface area contributed by atoms with E-state index in [0.29, 0.717) is 12.6 Å². The van der Waals surface area contributed by atoms with Crippen LogP contribution in [0.4, 0.5) is 0 Å².